The second-order valence-electron chi connectivity index (χ2n) is 23.0. The quantitative estimate of drug-likeness (QED) is 0.0340. The number of carbonyl (C=O) groups excluding carboxylic acids is 11. The molecule has 1 fully saturated rings. The predicted molar refractivity (Wildman–Crippen MR) is 337 cm³/mol. The fourth-order valence-corrected chi connectivity index (χ4v) is 9.90. The minimum Gasteiger partial charge on any atom is -0.391 e. The highest BCUT2D eigenvalue weighted by molar-refractivity contribution is 6.01. The highest BCUT2D eigenvalue weighted by Crippen LogP contribution is 2.20. The van der Waals surface area contributed by atoms with Crippen molar-refractivity contribution in [3.63, 3.8) is 0 Å². The molecule has 0 spiro atoms. The first-order valence-electron chi connectivity index (χ1n) is 31.3. The van der Waals surface area contributed by atoms with Gasteiger partial charge in [-0.05, 0) is 127 Å². The molecule has 29 heteroatoms. The molecule has 1 saturated heterocycles. The number of aliphatic hydroxyl groups excluding tert-OH is 2. The molecule has 0 unspecified atom stereocenters. The number of rotatable bonds is 30. The fraction of sp³-hybridized carbons (Fsp3) is 0.623. The second-order valence-corrected chi connectivity index (χ2v) is 23.0. The van der Waals surface area contributed by atoms with Crippen LogP contribution in [0.3, 0.4) is 0 Å². The van der Waals surface area contributed by atoms with E-state index in [4.69, 9.17) is 28.7 Å². The van der Waals surface area contributed by atoms with Gasteiger partial charge in [0.2, 0.25) is 59.1 Å². The van der Waals surface area contributed by atoms with Gasteiger partial charge in [-0.25, -0.2) is 0 Å². The van der Waals surface area contributed by atoms with Gasteiger partial charge in [0, 0.05) is 12.1 Å². The highest BCUT2D eigenvalue weighted by atomic mass is 16.3. The average molecular weight is 1270 g/mol. The molecule has 0 bridgehead atoms. The number of aliphatic hydroxyl groups is 2. The van der Waals surface area contributed by atoms with E-state index in [1.165, 1.54) is 13.8 Å². The average Bonchev–Trinajstić information content (AvgIpc) is 3.53. The van der Waals surface area contributed by atoms with Gasteiger partial charge in [0.1, 0.15) is 60.4 Å². The van der Waals surface area contributed by atoms with Gasteiger partial charge in [-0.1, -0.05) is 102 Å². The zero-order chi connectivity index (χ0) is 66.9. The maximum Gasteiger partial charge on any atom is 0.251 e. The Labute approximate surface area is 526 Å². The SMILES string of the molecule is CCCCCCCC[C@H]1NC(=O)[C@H](CCN)NC(=O)[C@@H](NC(=O)[C@H](CCN)NC(=O)[C@@H](NC(=O)[C@H](CCN)NC(=O)c2ccc(-c3ccccc3)cc2)[C@@H](C)O)CCNC(=O)[C@H]([C@@H](C)O)NC(=O)[C@H](CCN)NC(=O)[C@H](CCN)NC(=O)[C@H](CC(C)C)NC1=O. The molecule has 11 amide bonds. The van der Waals surface area contributed by atoms with Crippen LogP contribution in [0.2, 0.25) is 0 Å². The Balaban J connectivity index is 2.04. The predicted octanol–water partition coefficient (Wildman–Crippen LogP) is -3.36. The van der Waals surface area contributed by atoms with Crippen molar-refractivity contribution in [3.8, 4) is 11.1 Å². The summed E-state index contributed by atoms with van der Waals surface area (Å²) in [6, 6.07) is 1.33. The lowest BCUT2D eigenvalue weighted by atomic mass is 10.00. The summed E-state index contributed by atoms with van der Waals surface area (Å²) in [5.74, 6) is -10.0. The summed E-state index contributed by atoms with van der Waals surface area (Å²) in [5.41, 5.74) is 31.5. The molecule has 502 valence electrons. The standard InChI is InChI=1S/C61H100N16O13/c1-6-7-8-9-10-14-17-41-52(81)75-48(34-35(2)3)59(88)72-43(23-29-63)54(83)71-46(26-32-66)58(87)76-49(36(4)78)60(89)67-33-27-47(56(85)70-42(22-28-62)53(82)69-41)73-55(84)44(24-30-64)74-61(90)50(37(5)79)77-57(86)45(25-31-65)68-51(80)40-20-18-39(19-21-40)38-15-12-11-13-16-38/h11-13,15-16,18-21,35-37,41-50,78-79H,6-10,14,17,22-34,62-66H2,1-5H3,(H,67,89)(H,68,80)(H,69,82)(H,70,85)(H,71,83)(H,72,88)(H,73,84)(H,74,90)(H,75,81)(H,76,87)(H,77,86)/t36-,37-,41-,42+,43+,44+,45+,46+,47+,48+,49+,50+/m1/s1. The van der Waals surface area contributed by atoms with Crippen LogP contribution in [0, 0.1) is 5.92 Å². The van der Waals surface area contributed by atoms with Gasteiger partial charge < -0.3 is 97.4 Å². The molecule has 3 rings (SSSR count). The van der Waals surface area contributed by atoms with Crippen molar-refractivity contribution >= 4 is 65.0 Å². The van der Waals surface area contributed by atoms with Crippen LogP contribution < -0.4 is 87.2 Å². The van der Waals surface area contributed by atoms with Crippen LogP contribution in [0.1, 0.15) is 135 Å². The fourth-order valence-electron chi connectivity index (χ4n) is 9.90. The Bertz CT molecular complexity index is 2630. The molecule has 0 saturated carbocycles. The van der Waals surface area contributed by atoms with Crippen molar-refractivity contribution in [1.82, 2.24) is 58.5 Å². The molecule has 0 aliphatic carbocycles. The zero-order valence-electron chi connectivity index (χ0n) is 52.6. The van der Waals surface area contributed by atoms with Crippen LogP contribution in [0.5, 0.6) is 0 Å². The summed E-state index contributed by atoms with van der Waals surface area (Å²) >= 11 is 0. The summed E-state index contributed by atoms with van der Waals surface area (Å²) < 4.78 is 0. The molecule has 23 N–H and O–H groups in total. The lowest BCUT2D eigenvalue weighted by Crippen LogP contribution is -2.62. The molecular formula is C61H100N16O13. The van der Waals surface area contributed by atoms with E-state index in [2.05, 4.69) is 65.4 Å². The van der Waals surface area contributed by atoms with Gasteiger partial charge >= 0.3 is 0 Å². The van der Waals surface area contributed by atoms with Crippen molar-refractivity contribution in [2.45, 2.75) is 197 Å². The highest BCUT2D eigenvalue weighted by Gasteiger charge is 2.37. The Hall–Kier alpha value is -7.67. The van der Waals surface area contributed by atoms with E-state index in [0.717, 1.165) is 36.8 Å². The van der Waals surface area contributed by atoms with Gasteiger partial charge in [-0.3, -0.25) is 52.7 Å². The van der Waals surface area contributed by atoms with E-state index < -0.39 is 151 Å². The number of unbranched alkanes of at least 4 members (excludes halogenated alkanes) is 5. The Morgan fingerprint density at radius 2 is 0.978 bits per heavy atom. The van der Waals surface area contributed by atoms with Crippen molar-refractivity contribution in [3.05, 3.63) is 60.2 Å². The Morgan fingerprint density at radius 1 is 0.511 bits per heavy atom. The van der Waals surface area contributed by atoms with Gasteiger partial charge in [0.05, 0.1) is 12.2 Å². The minimum atomic E-state index is -1.74. The first-order valence-corrected chi connectivity index (χ1v) is 31.3. The number of benzene rings is 2. The normalized spacial score (nSPS) is 21.9. The molecule has 2 aromatic rings. The summed E-state index contributed by atoms with van der Waals surface area (Å²) in [6.07, 6.45) is 0.580. The lowest BCUT2D eigenvalue weighted by molar-refractivity contribution is -0.136. The smallest absolute Gasteiger partial charge is 0.251 e. The third-order valence-electron chi connectivity index (χ3n) is 15.0. The van der Waals surface area contributed by atoms with Crippen LogP contribution in [0.4, 0.5) is 0 Å². The summed E-state index contributed by atoms with van der Waals surface area (Å²) in [6.45, 7) is 6.88. The zero-order valence-corrected chi connectivity index (χ0v) is 52.6. The monoisotopic (exact) mass is 1260 g/mol. The van der Waals surface area contributed by atoms with Crippen LogP contribution >= 0.6 is 0 Å². The van der Waals surface area contributed by atoms with E-state index in [1.54, 1.807) is 38.1 Å². The third-order valence-corrected chi connectivity index (χ3v) is 15.0. The van der Waals surface area contributed by atoms with Gasteiger partial charge in [0.25, 0.3) is 5.91 Å². The van der Waals surface area contributed by atoms with Crippen molar-refractivity contribution in [2.24, 2.45) is 34.6 Å². The van der Waals surface area contributed by atoms with E-state index in [1.807, 2.05) is 30.3 Å². The molecule has 0 aromatic heterocycles. The van der Waals surface area contributed by atoms with Crippen LogP contribution in [-0.4, -0.2) is 187 Å². The number of nitrogens with one attached hydrogen (secondary N) is 11. The molecule has 29 nitrogen and oxygen atoms in total. The number of nitrogens with two attached hydrogens (primary N) is 5. The van der Waals surface area contributed by atoms with Crippen molar-refractivity contribution in [2.75, 3.05) is 39.3 Å². The van der Waals surface area contributed by atoms with Gasteiger partial charge in [-0.2, -0.15) is 0 Å². The topological polar surface area (TPSA) is 491 Å². The number of amides is 11. The summed E-state index contributed by atoms with van der Waals surface area (Å²) in [5, 5.41) is 50.0. The molecule has 2 aromatic carbocycles. The van der Waals surface area contributed by atoms with Gasteiger partial charge in [-0.15, -0.1) is 0 Å². The molecule has 90 heavy (non-hydrogen) atoms. The van der Waals surface area contributed by atoms with Gasteiger partial charge in [0.15, 0.2) is 0 Å². The first kappa shape index (κ1) is 76.6. The Kier molecular flexibility index (Phi) is 34.8. The largest absolute Gasteiger partial charge is 0.391 e. The molecule has 1 heterocycles. The van der Waals surface area contributed by atoms with E-state index in [0.29, 0.717) is 12.8 Å². The van der Waals surface area contributed by atoms with Crippen LogP contribution in [-0.2, 0) is 47.9 Å². The molecule has 1 aliphatic rings. The second kappa shape index (κ2) is 40.9. The number of carbonyl (C=O) groups is 11. The van der Waals surface area contributed by atoms with E-state index in [9.17, 15) is 63.0 Å². The maximum absolute atomic E-state index is 14.6. The summed E-state index contributed by atoms with van der Waals surface area (Å²) in [4.78, 5) is 155. The minimum absolute atomic E-state index is 0.0725. The van der Waals surface area contributed by atoms with Crippen LogP contribution in [0.15, 0.2) is 54.6 Å². The lowest BCUT2D eigenvalue weighted by Gasteiger charge is -2.29. The summed E-state index contributed by atoms with van der Waals surface area (Å²) in [7, 11) is 0. The van der Waals surface area contributed by atoms with E-state index in [-0.39, 0.29) is 89.2 Å². The first-order chi connectivity index (χ1) is 42.9. The molecule has 1 aliphatic heterocycles. The molecular weight excluding hydrogens is 1160 g/mol. The molecule has 0 radical (unpaired) electrons. The van der Waals surface area contributed by atoms with Crippen molar-refractivity contribution < 1.29 is 63.0 Å². The third kappa shape index (κ3) is 26.0. The number of hydrogen-bond donors (Lipinski definition) is 18. The Morgan fingerprint density at radius 3 is 1.48 bits per heavy atom. The van der Waals surface area contributed by atoms with Crippen molar-refractivity contribution in [1.29, 1.82) is 0 Å². The maximum atomic E-state index is 14.6. The molecule has 12 atom stereocenters. The van der Waals surface area contributed by atoms with Crippen LogP contribution in [0.25, 0.3) is 11.1 Å². The number of hydrogen-bond acceptors (Lipinski definition) is 18. The van der Waals surface area contributed by atoms with E-state index >= 15 is 0 Å².